The zero-order chi connectivity index (χ0) is 34.5. The summed E-state index contributed by atoms with van der Waals surface area (Å²) in [6, 6.07) is 50.1. The van der Waals surface area contributed by atoms with Gasteiger partial charge in [0.05, 0.1) is 0 Å². The molecule has 4 aromatic carbocycles. The minimum Gasteiger partial charge on any atom is -0.456 e. The Hall–Kier alpha value is -5.48. The fourth-order valence-electron chi connectivity index (χ4n) is 5.89. The zero-order valence-corrected chi connectivity index (χ0v) is 31.4. The Bertz CT molecular complexity index is 2310. The fraction of sp³-hybridized carbons (Fsp3) is 0.109. The van der Waals surface area contributed by atoms with Crippen LogP contribution in [0, 0.1) is 19.1 Å². The molecule has 253 valence electrons. The van der Waals surface area contributed by atoms with Crippen molar-refractivity contribution in [2.45, 2.75) is 33.1 Å². The molecule has 0 unspecified atom stereocenters. The van der Waals surface area contributed by atoms with Crippen molar-refractivity contribution in [1.29, 1.82) is 0 Å². The van der Waals surface area contributed by atoms with Gasteiger partial charge in [0.2, 0.25) is 0 Å². The minimum atomic E-state index is 0. The quantitative estimate of drug-likeness (QED) is 0.162. The Morgan fingerprint density at radius 2 is 1.41 bits per heavy atom. The van der Waals surface area contributed by atoms with Crippen LogP contribution in [0.25, 0.3) is 67.1 Å². The van der Waals surface area contributed by atoms with Crippen molar-refractivity contribution >= 4 is 11.0 Å². The van der Waals surface area contributed by atoms with Gasteiger partial charge in [-0.3, -0.25) is 4.98 Å². The Balaban J connectivity index is 0.000000291. The number of aromatic nitrogens is 3. The van der Waals surface area contributed by atoms with Gasteiger partial charge in [0.1, 0.15) is 11.3 Å². The number of hydrogen-bond acceptors (Lipinski definition) is 4. The van der Waals surface area contributed by atoms with E-state index in [4.69, 9.17) is 4.42 Å². The molecule has 0 bridgehead atoms. The maximum Gasteiger partial charge on any atom is 0.136 e. The van der Waals surface area contributed by atoms with Crippen molar-refractivity contribution < 1.29 is 24.5 Å². The molecular weight excluding hydrogens is 803 g/mol. The number of aryl methyl sites for hydroxylation is 1. The molecule has 51 heavy (non-hydrogen) atoms. The predicted octanol–water partition coefficient (Wildman–Crippen LogP) is 11.8. The van der Waals surface area contributed by atoms with E-state index in [-0.39, 0.29) is 25.5 Å². The molecule has 0 aliphatic carbocycles. The maximum absolute atomic E-state index is 6.15. The fourth-order valence-corrected chi connectivity index (χ4v) is 5.89. The third-order valence-corrected chi connectivity index (χ3v) is 8.63. The topological polar surface area (TPSA) is 51.8 Å². The second-order valence-electron chi connectivity index (χ2n) is 13.3. The Morgan fingerprint density at radius 1 is 0.608 bits per heavy atom. The molecule has 0 spiro atoms. The number of hydrogen-bond donors (Lipinski definition) is 0. The van der Waals surface area contributed by atoms with Gasteiger partial charge in [-0.1, -0.05) is 91.6 Å². The van der Waals surface area contributed by atoms with Crippen LogP contribution in [0.4, 0.5) is 0 Å². The summed E-state index contributed by atoms with van der Waals surface area (Å²) in [6.45, 7) is 8.81. The largest absolute Gasteiger partial charge is 0.456 e. The van der Waals surface area contributed by atoms with E-state index >= 15 is 0 Å². The molecule has 0 N–H and O–H groups in total. The van der Waals surface area contributed by atoms with Crippen LogP contribution >= 0.6 is 0 Å². The average molecular weight is 840 g/mol. The van der Waals surface area contributed by atoms with Crippen molar-refractivity contribution in [2.75, 3.05) is 0 Å². The number of nitrogens with zero attached hydrogens (tertiary/aromatic N) is 3. The molecule has 4 heterocycles. The van der Waals surface area contributed by atoms with Gasteiger partial charge in [0, 0.05) is 55.8 Å². The van der Waals surface area contributed by atoms with E-state index in [0.717, 1.165) is 67.1 Å². The van der Waals surface area contributed by atoms with Crippen molar-refractivity contribution in [2.24, 2.45) is 0 Å². The summed E-state index contributed by atoms with van der Waals surface area (Å²) in [7, 11) is 0. The van der Waals surface area contributed by atoms with Crippen LogP contribution in [0.2, 0.25) is 0 Å². The van der Waals surface area contributed by atoms with Crippen molar-refractivity contribution in [1.82, 2.24) is 15.0 Å². The number of fused-ring (bicyclic) bond motifs is 1. The summed E-state index contributed by atoms with van der Waals surface area (Å²) >= 11 is 0. The van der Waals surface area contributed by atoms with Gasteiger partial charge in [0.25, 0.3) is 0 Å². The van der Waals surface area contributed by atoms with Gasteiger partial charge in [-0.2, -0.15) is 0 Å². The summed E-state index contributed by atoms with van der Waals surface area (Å²) in [4.78, 5) is 13.1. The number of pyridine rings is 3. The molecule has 0 atom stereocenters. The first-order valence-electron chi connectivity index (χ1n) is 16.7. The van der Waals surface area contributed by atoms with Crippen LogP contribution in [0.5, 0.6) is 0 Å². The van der Waals surface area contributed by atoms with Gasteiger partial charge in [-0.25, -0.2) is 0 Å². The first kappa shape index (κ1) is 35.3. The monoisotopic (exact) mass is 840 g/mol. The van der Waals surface area contributed by atoms with Crippen molar-refractivity contribution in [3.05, 3.63) is 175 Å². The van der Waals surface area contributed by atoms with Crippen LogP contribution < -0.4 is 0 Å². The number of benzene rings is 4. The van der Waals surface area contributed by atoms with Crippen molar-refractivity contribution in [3.8, 4) is 56.1 Å². The van der Waals surface area contributed by atoms with E-state index in [1.165, 1.54) is 11.1 Å². The molecule has 4 nitrogen and oxygen atoms in total. The van der Waals surface area contributed by atoms with E-state index < -0.39 is 0 Å². The van der Waals surface area contributed by atoms with E-state index in [2.05, 4.69) is 122 Å². The first-order valence-corrected chi connectivity index (χ1v) is 16.7. The normalized spacial score (nSPS) is 11.0. The van der Waals surface area contributed by atoms with Crippen LogP contribution in [-0.2, 0) is 25.5 Å². The zero-order valence-electron chi connectivity index (χ0n) is 29.0. The second kappa shape index (κ2) is 15.6. The van der Waals surface area contributed by atoms with Gasteiger partial charge >= 0.3 is 0 Å². The Kier molecular flexibility index (Phi) is 10.8. The van der Waals surface area contributed by atoms with E-state index in [9.17, 15) is 0 Å². The average Bonchev–Trinajstić information content (AvgIpc) is 3.60. The molecule has 0 fully saturated rings. The van der Waals surface area contributed by atoms with E-state index in [1.54, 1.807) is 12.4 Å². The van der Waals surface area contributed by atoms with Gasteiger partial charge in [-0.05, 0) is 77.3 Å². The first-order chi connectivity index (χ1) is 24.3. The Morgan fingerprint density at radius 3 is 2.12 bits per heavy atom. The summed E-state index contributed by atoms with van der Waals surface area (Å²) < 4.78 is 6.15. The van der Waals surface area contributed by atoms with Crippen molar-refractivity contribution in [3.63, 3.8) is 0 Å². The van der Waals surface area contributed by atoms with Crippen LogP contribution in [-0.4, -0.2) is 15.0 Å². The van der Waals surface area contributed by atoms with E-state index in [0.29, 0.717) is 0 Å². The molecular formula is C46H37IrN3O-2. The minimum absolute atomic E-state index is 0. The number of furan rings is 1. The molecule has 0 saturated carbocycles. The molecule has 4 aromatic heterocycles. The van der Waals surface area contributed by atoms with Crippen LogP contribution in [0.15, 0.2) is 157 Å². The molecule has 8 aromatic rings. The molecule has 0 aliphatic rings. The third kappa shape index (κ3) is 8.29. The van der Waals surface area contributed by atoms with Crippen LogP contribution in [0.1, 0.15) is 31.9 Å². The van der Waals surface area contributed by atoms with Gasteiger partial charge in [-0.15, -0.1) is 59.7 Å². The summed E-state index contributed by atoms with van der Waals surface area (Å²) in [5.74, 6) is 0.814. The SMILES string of the molecule is Cc1ccnc(-c2[c-]cc(-c3ccc(C(C)(C)C)cc3)c(-c3ccc4oc(-c5cccnc5)cc4c3)c2)c1.[Ir].[c-]1ccccc1-c1ccccn1. The molecule has 0 aliphatic heterocycles. The molecule has 0 amide bonds. The predicted molar refractivity (Wildman–Crippen MR) is 204 cm³/mol. The third-order valence-electron chi connectivity index (χ3n) is 8.63. The van der Waals surface area contributed by atoms with Gasteiger partial charge < -0.3 is 14.4 Å². The summed E-state index contributed by atoms with van der Waals surface area (Å²) in [5, 5.41) is 1.05. The Labute approximate surface area is 313 Å². The molecule has 0 saturated heterocycles. The maximum atomic E-state index is 6.15. The number of rotatable bonds is 5. The molecule has 8 rings (SSSR count). The summed E-state index contributed by atoms with van der Waals surface area (Å²) in [5.41, 5.74) is 12.9. The summed E-state index contributed by atoms with van der Waals surface area (Å²) in [6.07, 6.45) is 7.24. The van der Waals surface area contributed by atoms with Gasteiger partial charge in [0.15, 0.2) is 0 Å². The molecule has 1 radical (unpaired) electrons. The second-order valence-corrected chi connectivity index (χ2v) is 13.3. The smallest absolute Gasteiger partial charge is 0.136 e. The standard InChI is InChI=1S/C35H29N2O.C11H8N.Ir/c1-23-15-17-37-32(18-23)26-9-13-30(24-7-11-29(12-8-24)35(2,3)4)31(20-26)25-10-14-33-28(19-25)21-34(38-33)27-6-5-16-36-22-27;1-2-6-10(7-3-1)11-8-4-5-9-12-11;/h5-8,10-22H,1-4H3;1-6,8-9H;/q2*-1;. The van der Waals surface area contributed by atoms with Crippen LogP contribution in [0.3, 0.4) is 0 Å². The van der Waals surface area contributed by atoms with E-state index in [1.807, 2.05) is 73.1 Å². The molecule has 5 heteroatoms.